The zero-order valence-corrected chi connectivity index (χ0v) is 15.6. The van der Waals surface area contributed by atoms with E-state index in [1.54, 1.807) is 30.5 Å². The van der Waals surface area contributed by atoms with E-state index >= 15 is 0 Å². The first-order chi connectivity index (χ1) is 12.4. The molecule has 9 heteroatoms. The topological polar surface area (TPSA) is 84.3 Å². The maximum atomic E-state index is 13.1. The molecule has 0 unspecified atom stereocenters. The molecular weight excluding hydrogens is 423 g/mol. The molecule has 0 radical (unpaired) electrons. The fourth-order valence-corrected chi connectivity index (χ4v) is 3.40. The third-order valence-corrected chi connectivity index (χ3v) is 5.28. The van der Waals surface area contributed by atoms with Crippen LogP contribution in [0.3, 0.4) is 0 Å². The second kappa shape index (κ2) is 7.71. The van der Waals surface area contributed by atoms with Gasteiger partial charge in [0.05, 0.1) is 10.6 Å². The molecule has 0 saturated carbocycles. The van der Waals surface area contributed by atoms with Gasteiger partial charge >= 0.3 is 0 Å². The molecule has 2 aromatic carbocycles. The standard InChI is InChI=1S/C17H12BrFN4O2S/c18-16-10-13(19)3-2-12(16)11-22-14-4-6-15(7-5-14)26(24,25)23-17-20-8-1-9-21-17/h1-11H,(H,20,21,23). The zero-order valence-electron chi connectivity index (χ0n) is 13.2. The molecule has 6 nitrogen and oxygen atoms in total. The van der Waals surface area contributed by atoms with Gasteiger partial charge in [-0.25, -0.2) is 27.5 Å². The van der Waals surface area contributed by atoms with Crippen molar-refractivity contribution >= 4 is 43.8 Å². The molecule has 0 bridgehead atoms. The number of hydrogen-bond acceptors (Lipinski definition) is 5. The van der Waals surface area contributed by atoms with Crippen LogP contribution >= 0.6 is 15.9 Å². The summed E-state index contributed by atoms with van der Waals surface area (Å²) >= 11 is 3.26. The Balaban J connectivity index is 1.76. The molecule has 1 heterocycles. The number of nitrogens with zero attached hydrogens (tertiary/aromatic N) is 3. The highest BCUT2D eigenvalue weighted by molar-refractivity contribution is 9.10. The van der Waals surface area contributed by atoms with E-state index in [1.807, 2.05) is 0 Å². The van der Waals surface area contributed by atoms with Crippen LogP contribution in [0.15, 0.2) is 75.3 Å². The van der Waals surface area contributed by atoms with Crippen LogP contribution in [0.2, 0.25) is 0 Å². The number of hydrogen-bond donors (Lipinski definition) is 1. The monoisotopic (exact) mass is 434 g/mol. The van der Waals surface area contributed by atoms with Gasteiger partial charge in [0, 0.05) is 28.6 Å². The van der Waals surface area contributed by atoms with Crippen molar-refractivity contribution in [3.63, 3.8) is 0 Å². The van der Waals surface area contributed by atoms with Crippen molar-refractivity contribution in [1.82, 2.24) is 9.97 Å². The van der Waals surface area contributed by atoms with Crippen LogP contribution < -0.4 is 4.72 Å². The molecule has 1 aromatic heterocycles. The van der Waals surface area contributed by atoms with E-state index in [1.165, 1.54) is 36.7 Å². The number of anilines is 1. The van der Waals surface area contributed by atoms with Crippen LogP contribution in [-0.2, 0) is 10.0 Å². The van der Waals surface area contributed by atoms with E-state index in [0.717, 1.165) is 0 Å². The number of rotatable bonds is 5. The zero-order chi connectivity index (χ0) is 18.6. The minimum absolute atomic E-state index is 0.00393. The van der Waals surface area contributed by atoms with Crippen molar-refractivity contribution in [2.45, 2.75) is 4.90 Å². The number of benzene rings is 2. The van der Waals surface area contributed by atoms with Gasteiger partial charge < -0.3 is 0 Å². The third kappa shape index (κ3) is 4.50. The van der Waals surface area contributed by atoms with Crippen molar-refractivity contribution in [3.05, 3.63) is 76.8 Å². The molecule has 0 atom stereocenters. The maximum absolute atomic E-state index is 13.1. The summed E-state index contributed by atoms with van der Waals surface area (Å²) in [6.45, 7) is 0. The summed E-state index contributed by atoms with van der Waals surface area (Å²) in [5.41, 5.74) is 1.25. The third-order valence-electron chi connectivity index (χ3n) is 3.25. The van der Waals surface area contributed by atoms with Crippen molar-refractivity contribution in [3.8, 4) is 0 Å². The fraction of sp³-hybridized carbons (Fsp3) is 0. The Morgan fingerprint density at radius 1 is 1.08 bits per heavy atom. The molecule has 0 spiro atoms. The quantitative estimate of drug-likeness (QED) is 0.616. The lowest BCUT2D eigenvalue weighted by Crippen LogP contribution is -2.14. The Kier molecular flexibility index (Phi) is 5.38. The van der Waals surface area contributed by atoms with Crippen LogP contribution in [0.4, 0.5) is 16.0 Å². The van der Waals surface area contributed by atoms with Gasteiger partial charge in [-0.2, -0.15) is 0 Å². The first kappa shape index (κ1) is 18.2. The summed E-state index contributed by atoms with van der Waals surface area (Å²) in [6.07, 6.45) is 4.44. The lowest BCUT2D eigenvalue weighted by Gasteiger charge is -2.06. The highest BCUT2D eigenvalue weighted by Crippen LogP contribution is 2.20. The molecule has 0 fully saturated rings. The van der Waals surface area contributed by atoms with Gasteiger partial charge in [-0.1, -0.05) is 15.9 Å². The normalized spacial score (nSPS) is 11.6. The molecule has 0 aliphatic carbocycles. The molecule has 3 rings (SSSR count). The molecule has 3 aromatic rings. The SMILES string of the molecule is O=S(=O)(Nc1ncccn1)c1ccc(N=Cc2ccc(F)cc2Br)cc1. The maximum Gasteiger partial charge on any atom is 0.264 e. The smallest absolute Gasteiger partial charge is 0.256 e. The lowest BCUT2D eigenvalue weighted by molar-refractivity contribution is 0.601. The highest BCUT2D eigenvalue weighted by atomic mass is 79.9. The molecular formula is C17H12BrFN4O2S. The molecule has 1 N–H and O–H groups in total. The molecule has 0 amide bonds. The van der Waals surface area contributed by atoms with E-state index in [0.29, 0.717) is 15.7 Å². The first-order valence-corrected chi connectivity index (χ1v) is 9.61. The Hall–Kier alpha value is -2.65. The van der Waals surface area contributed by atoms with E-state index in [9.17, 15) is 12.8 Å². The Morgan fingerprint density at radius 3 is 2.42 bits per heavy atom. The van der Waals surface area contributed by atoms with Crippen molar-refractivity contribution in [1.29, 1.82) is 0 Å². The molecule has 0 aliphatic heterocycles. The first-order valence-electron chi connectivity index (χ1n) is 7.33. The van der Waals surface area contributed by atoms with Crippen LogP contribution in [0.25, 0.3) is 0 Å². The molecule has 26 heavy (non-hydrogen) atoms. The van der Waals surface area contributed by atoms with E-state index in [4.69, 9.17) is 0 Å². The average molecular weight is 435 g/mol. The second-order valence-electron chi connectivity index (χ2n) is 5.10. The summed E-state index contributed by atoms with van der Waals surface area (Å²) in [5, 5.41) is 0. The second-order valence-corrected chi connectivity index (χ2v) is 7.63. The fourth-order valence-electron chi connectivity index (χ4n) is 1.99. The molecule has 0 aliphatic rings. The lowest BCUT2D eigenvalue weighted by atomic mass is 10.2. The highest BCUT2D eigenvalue weighted by Gasteiger charge is 2.15. The van der Waals surface area contributed by atoms with E-state index in [-0.39, 0.29) is 16.7 Å². The number of nitrogens with one attached hydrogen (secondary N) is 1. The van der Waals surface area contributed by atoms with Crippen molar-refractivity contribution in [2.75, 3.05) is 4.72 Å². The Morgan fingerprint density at radius 2 is 1.77 bits per heavy atom. The van der Waals surface area contributed by atoms with Gasteiger partial charge in [-0.05, 0) is 48.5 Å². The minimum Gasteiger partial charge on any atom is -0.256 e. The van der Waals surface area contributed by atoms with E-state index < -0.39 is 10.0 Å². The van der Waals surface area contributed by atoms with Gasteiger partial charge in [-0.3, -0.25) is 4.99 Å². The van der Waals surface area contributed by atoms with Gasteiger partial charge in [-0.15, -0.1) is 0 Å². The number of sulfonamides is 1. The summed E-state index contributed by atoms with van der Waals surface area (Å²) in [6, 6.07) is 11.8. The van der Waals surface area contributed by atoms with Crippen LogP contribution in [-0.4, -0.2) is 24.6 Å². The van der Waals surface area contributed by atoms with Crippen LogP contribution in [0.1, 0.15) is 5.56 Å². The van der Waals surface area contributed by atoms with E-state index in [2.05, 4.69) is 35.6 Å². The van der Waals surface area contributed by atoms with Gasteiger partial charge in [0.25, 0.3) is 10.0 Å². The van der Waals surface area contributed by atoms with Gasteiger partial charge in [0.1, 0.15) is 5.82 Å². The van der Waals surface area contributed by atoms with Crippen LogP contribution in [0, 0.1) is 5.82 Å². The van der Waals surface area contributed by atoms with Gasteiger partial charge in [0.15, 0.2) is 0 Å². The minimum atomic E-state index is -3.78. The Bertz CT molecular complexity index is 1040. The van der Waals surface area contributed by atoms with Crippen molar-refractivity contribution < 1.29 is 12.8 Å². The Labute approximate surface area is 158 Å². The summed E-state index contributed by atoms with van der Waals surface area (Å²) in [7, 11) is -3.78. The summed E-state index contributed by atoms with van der Waals surface area (Å²) in [4.78, 5) is 12.0. The van der Waals surface area contributed by atoms with Crippen LogP contribution in [0.5, 0.6) is 0 Å². The molecule has 132 valence electrons. The molecule has 0 saturated heterocycles. The van der Waals surface area contributed by atoms with Gasteiger partial charge in [0.2, 0.25) is 5.95 Å². The largest absolute Gasteiger partial charge is 0.264 e. The predicted molar refractivity (Wildman–Crippen MR) is 101 cm³/mol. The summed E-state index contributed by atoms with van der Waals surface area (Å²) in [5.74, 6) is -0.353. The predicted octanol–water partition coefficient (Wildman–Crippen LogP) is 3.93. The number of aromatic nitrogens is 2. The number of halogens is 2. The average Bonchev–Trinajstić information content (AvgIpc) is 2.62. The van der Waals surface area contributed by atoms with Crippen molar-refractivity contribution in [2.24, 2.45) is 4.99 Å². The number of aliphatic imine (C=N–C) groups is 1. The summed E-state index contributed by atoms with van der Waals surface area (Å²) < 4.78 is 40.5.